The number of nitrogens with one attached hydrogen (secondary N) is 4. The Morgan fingerprint density at radius 2 is 1.94 bits per heavy atom. The van der Waals surface area contributed by atoms with Crippen LogP contribution in [0.3, 0.4) is 0 Å². The van der Waals surface area contributed by atoms with Crippen molar-refractivity contribution in [1.82, 2.24) is 45.3 Å². The van der Waals surface area contributed by atoms with Crippen LogP contribution < -0.4 is 61.5 Å². The van der Waals surface area contributed by atoms with Crippen molar-refractivity contribution in [2.24, 2.45) is 14.1 Å². The van der Waals surface area contributed by atoms with Crippen LogP contribution in [0.15, 0.2) is 51.7 Å². The minimum absolute atomic E-state index is 0. The number of thioether (sulfide) groups is 2. The van der Waals surface area contributed by atoms with Crippen LogP contribution in [0.2, 0.25) is 0 Å². The molecule has 0 spiro atoms. The smallest absolute Gasteiger partial charge is 0.543 e. The van der Waals surface area contributed by atoms with Gasteiger partial charge in [-0.25, -0.2) is 14.5 Å². The largest absolute Gasteiger partial charge is 1.00 e. The number of fused-ring (bicyclic) bond motifs is 1. The number of aromatic nitrogens is 6. The molecule has 1 fully saturated rings. The predicted octanol–water partition coefficient (Wildman–Crippen LogP) is -5.36. The molecule has 3 aromatic rings. The molecule has 5 rings (SSSR count). The van der Waals surface area contributed by atoms with Gasteiger partial charge in [0.25, 0.3) is 11.5 Å². The van der Waals surface area contributed by atoms with Gasteiger partial charge in [-0.1, -0.05) is 23.9 Å². The van der Waals surface area contributed by atoms with E-state index in [9.17, 15) is 39.0 Å². The number of aromatic hydroxyl groups is 1. The number of benzene rings is 1. The van der Waals surface area contributed by atoms with Gasteiger partial charge in [0.05, 0.1) is 17.9 Å². The van der Waals surface area contributed by atoms with E-state index in [2.05, 4.69) is 41.8 Å². The summed E-state index contributed by atoms with van der Waals surface area (Å²) in [5.74, 6) is -2.86. The molecule has 47 heavy (non-hydrogen) atoms. The zero-order valence-electron chi connectivity index (χ0n) is 24.9. The molecule has 4 heterocycles. The molecular weight excluding hydrogens is 669 g/mol. The maximum Gasteiger partial charge on any atom is 1.00 e. The minimum atomic E-state index is -1.55. The van der Waals surface area contributed by atoms with Gasteiger partial charge >= 0.3 is 35.6 Å². The minimum Gasteiger partial charge on any atom is -0.543 e. The molecule has 5 N–H and O–H groups in total. The van der Waals surface area contributed by atoms with Crippen LogP contribution >= 0.6 is 23.5 Å². The standard InChI is InChI=1S/C25H25N11O8S2.Na/c1-34-19(40)14(7-26-23(34)27-10-37)28-24(44)30-15(11-3-5-13(38)6-4-11)18(39)29-16-20(41)36-17(22(42)43)12(8-45-21(16)36)9-46-25-31-32-33-35(25)2;/h3-7,10,15-16,21,38H,8-9H2,1-2H3,(H,29,39)(H,42,43)(H,26,27,37)(H2,28,30,44);/q;+1/p-1/t15?,16?,21-;/m0./s1. The van der Waals surface area contributed by atoms with Crippen LogP contribution in [-0.2, 0) is 33.3 Å². The Morgan fingerprint density at radius 1 is 1.21 bits per heavy atom. The first kappa shape index (κ1) is 35.4. The van der Waals surface area contributed by atoms with Gasteiger partial charge in [0.1, 0.15) is 28.9 Å². The second kappa shape index (κ2) is 15.0. The fourth-order valence-corrected chi connectivity index (χ4v) is 6.92. The number of amides is 5. The summed E-state index contributed by atoms with van der Waals surface area (Å²) in [6.07, 6.45) is 1.35. The van der Waals surface area contributed by atoms with E-state index in [1.165, 1.54) is 59.5 Å². The van der Waals surface area contributed by atoms with Crippen molar-refractivity contribution >= 4 is 65.4 Å². The topological polar surface area (TPSA) is 258 Å². The maximum absolute atomic E-state index is 13.5. The fraction of sp³-hybridized carbons (Fsp3) is 0.280. The number of β-lactam (4-membered cyclic amide) rings is 1. The molecule has 22 heteroatoms. The van der Waals surface area contributed by atoms with E-state index >= 15 is 0 Å². The van der Waals surface area contributed by atoms with E-state index in [-0.39, 0.29) is 69.7 Å². The monoisotopic (exact) mass is 693 g/mol. The molecule has 0 bridgehead atoms. The van der Waals surface area contributed by atoms with E-state index < -0.39 is 46.8 Å². The zero-order valence-corrected chi connectivity index (χ0v) is 28.5. The van der Waals surface area contributed by atoms with Crippen LogP contribution in [0.1, 0.15) is 11.6 Å². The van der Waals surface area contributed by atoms with Crippen LogP contribution in [0, 0.1) is 0 Å². The number of carboxylic acid groups (broad SMARTS) is 1. The first-order valence-electron chi connectivity index (χ1n) is 13.2. The van der Waals surface area contributed by atoms with Crippen molar-refractivity contribution in [3.8, 4) is 5.75 Å². The molecule has 240 valence electrons. The summed E-state index contributed by atoms with van der Waals surface area (Å²) in [4.78, 5) is 80.1. The third-order valence-corrected chi connectivity index (χ3v) is 9.30. The number of anilines is 2. The summed E-state index contributed by atoms with van der Waals surface area (Å²) in [7, 11) is 2.94. The summed E-state index contributed by atoms with van der Waals surface area (Å²) in [5.41, 5.74) is -0.634. The van der Waals surface area contributed by atoms with Crippen LogP contribution in [0.25, 0.3) is 0 Å². The zero-order chi connectivity index (χ0) is 33.1. The number of aliphatic carboxylic acids is 1. The van der Waals surface area contributed by atoms with E-state index in [1.807, 2.05) is 0 Å². The second-order valence-corrected chi connectivity index (χ2v) is 11.8. The van der Waals surface area contributed by atoms with Gasteiger partial charge in [-0.3, -0.25) is 34.0 Å². The molecule has 2 aliphatic heterocycles. The number of rotatable bonds is 11. The Bertz CT molecular complexity index is 1820. The van der Waals surface area contributed by atoms with Crippen molar-refractivity contribution in [3.05, 3.63) is 57.6 Å². The van der Waals surface area contributed by atoms with E-state index in [0.29, 0.717) is 17.1 Å². The summed E-state index contributed by atoms with van der Waals surface area (Å²) in [6.45, 7) is 0. The van der Waals surface area contributed by atoms with Gasteiger partial charge in [-0.2, -0.15) is 0 Å². The van der Waals surface area contributed by atoms with Crippen molar-refractivity contribution in [1.29, 1.82) is 0 Å². The van der Waals surface area contributed by atoms with Crippen molar-refractivity contribution < 1.29 is 63.7 Å². The Balaban J connectivity index is 0.00000500. The van der Waals surface area contributed by atoms with Crippen LogP contribution in [-0.4, -0.2) is 92.9 Å². The molecule has 2 aromatic heterocycles. The number of tetrazole rings is 1. The molecule has 1 saturated heterocycles. The first-order chi connectivity index (χ1) is 22.0. The summed E-state index contributed by atoms with van der Waals surface area (Å²) in [5, 5.41) is 42.2. The number of urea groups is 1. The van der Waals surface area contributed by atoms with Crippen LogP contribution in [0.5, 0.6) is 5.75 Å². The number of phenolic OH excluding ortho intramolecular Hbond substituents is 1. The number of nitrogens with zero attached hydrogens (tertiary/aromatic N) is 7. The molecule has 3 atom stereocenters. The Kier molecular flexibility index (Phi) is 11.3. The normalized spacial score (nSPS) is 17.4. The van der Waals surface area contributed by atoms with Gasteiger partial charge in [0.15, 0.2) is 0 Å². The molecule has 1 aromatic carbocycles. The quantitative estimate of drug-likeness (QED) is 0.0544. The van der Waals surface area contributed by atoms with Crippen molar-refractivity contribution in [3.63, 3.8) is 0 Å². The average Bonchev–Trinajstić information content (AvgIpc) is 3.45. The van der Waals surface area contributed by atoms with Gasteiger partial charge in [0, 0.05) is 25.6 Å². The maximum atomic E-state index is 13.5. The van der Waals surface area contributed by atoms with E-state index in [0.717, 1.165) is 15.7 Å². The van der Waals surface area contributed by atoms with E-state index in [1.54, 1.807) is 7.05 Å². The van der Waals surface area contributed by atoms with Gasteiger partial charge in [-0.15, -0.1) is 16.9 Å². The molecule has 5 amide bonds. The van der Waals surface area contributed by atoms with Crippen molar-refractivity contribution in [2.75, 3.05) is 22.1 Å². The van der Waals surface area contributed by atoms with E-state index in [4.69, 9.17) is 0 Å². The Morgan fingerprint density at radius 3 is 2.57 bits per heavy atom. The van der Waals surface area contributed by atoms with Gasteiger partial charge < -0.3 is 31.0 Å². The summed E-state index contributed by atoms with van der Waals surface area (Å²) >= 11 is 2.42. The molecule has 2 unspecified atom stereocenters. The van der Waals surface area contributed by atoms with Gasteiger partial charge in [0.2, 0.25) is 23.4 Å². The number of phenols is 1. The first-order valence-corrected chi connectivity index (χ1v) is 15.2. The fourth-order valence-electron chi connectivity index (χ4n) is 4.59. The van der Waals surface area contributed by atoms with Crippen LogP contribution in [0.4, 0.5) is 16.4 Å². The number of carbonyl (C=O) groups excluding carboxylic acids is 5. The SMILES string of the molecule is Cn1nnnc1SCC1=C(C(=O)[O-])N2C(=O)C(NC(=O)C(NC(=O)Nc3cnc(NC=O)n(C)c3=O)c3ccc(O)cc3)[C@@H]2SC1.[Na+]. The second-order valence-electron chi connectivity index (χ2n) is 9.75. The molecule has 2 aliphatic rings. The number of hydrogen-bond acceptors (Lipinski definition) is 14. The molecule has 0 saturated carbocycles. The summed E-state index contributed by atoms with van der Waals surface area (Å²) in [6, 6.07) is 1.77. The average molecular weight is 694 g/mol. The number of carbonyl (C=O) groups is 5. The molecule has 0 radical (unpaired) electrons. The number of hydrogen-bond donors (Lipinski definition) is 5. The molecular formula is C25H24N11NaO8S2. The van der Waals surface area contributed by atoms with Crippen molar-refractivity contribution in [2.45, 2.75) is 22.6 Å². The Labute approximate surface area is 295 Å². The summed E-state index contributed by atoms with van der Waals surface area (Å²) < 4.78 is 2.40. The third kappa shape index (κ3) is 7.43. The molecule has 19 nitrogen and oxygen atoms in total. The Hall–Kier alpha value is -4.44. The predicted molar refractivity (Wildman–Crippen MR) is 159 cm³/mol. The number of aryl methyl sites for hydroxylation is 1. The van der Waals surface area contributed by atoms with Gasteiger partial charge in [-0.05, 0) is 33.7 Å². The number of carboxylic acids is 1. The third-order valence-electron chi connectivity index (χ3n) is 6.86. The molecule has 0 aliphatic carbocycles.